The Morgan fingerprint density at radius 3 is 2.94 bits per heavy atom. The van der Waals surface area contributed by atoms with E-state index in [1.807, 2.05) is 24.0 Å². The van der Waals surface area contributed by atoms with E-state index in [-0.39, 0.29) is 17.5 Å². The van der Waals surface area contributed by atoms with E-state index in [2.05, 4.69) is 4.98 Å². The SMILES string of the molecule is CC1CS(=O)(=O)CCN1c1cccnc1N. The molecule has 1 aliphatic heterocycles. The van der Waals surface area contributed by atoms with Crippen LogP contribution in [0.15, 0.2) is 18.3 Å². The first-order valence-corrected chi connectivity index (χ1v) is 6.99. The van der Waals surface area contributed by atoms with E-state index in [1.54, 1.807) is 6.20 Å². The van der Waals surface area contributed by atoms with E-state index < -0.39 is 9.84 Å². The zero-order valence-corrected chi connectivity index (χ0v) is 9.94. The van der Waals surface area contributed by atoms with E-state index in [0.717, 1.165) is 5.69 Å². The molecule has 0 amide bonds. The zero-order valence-electron chi connectivity index (χ0n) is 9.13. The van der Waals surface area contributed by atoms with Crippen LogP contribution in [0, 0.1) is 0 Å². The molecule has 1 saturated heterocycles. The molecule has 0 radical (unpaired) electrons. The van der Waals surface area contributed by atoms with Gasteiger partial charge in [0.25, 0.3) is 0 Å². The summed E-state index contributed by atoms with van der Waals surface area (Å²) in [5.74, 6) is 0.821. The van der Waals surface area contributed by atoms with Crippen LogP contribution in [0.4, 0.5) is 11.5 Å². The standard InChI is InChI=1S/C10H15N3O2S/c1-8-7-16(14,15)6-5-13(8)9-3-2-4-12-10(9)11/h2-4,8H,5-7H2,1H3,(H2,11,12). The monoisotopic (exact) mass is 241 g/mol. The maximum Gasteiger partial charge on any atom is 0.154 e. The Labute approximate surface area is 95.2 Å². The van der Waals surface area contributed by atoms with Crippen molar-refractivity contribution in [1.82, 2.24) is 4.98 Å². The normalized spacial score (nSPS) is 24.3. The van der Waals surface area contributed by atoms with Crippen LogP contribution in [0.3, 0.4) is 0 Å². The van der Waals surface area contributed by atoms with Gasteiger partial charge < -0.3 is 10.6 Å². The van der Waals surface area contributed by atoms with E-state index in [1.165, 1.54) is 0 Å². The van der Waals surface area contributed by atoms with E-state index in [4.69, 9.17) is 5.73 Å². The minimum atomic E-state index is -2.89. The topological polar surface area (TPSA) is 76.3 Å². The van der Waals surface area contributed by atoms with Crippen LogP contribution >= 0.6 is 0 Å². The van der Waals surface area contributed by atoms with Gasteiger partial charge in [0, 0.05) is 18.8 Å². The van der Waals surface area contributed by atoms with Gasteiger partial charge in [-0.1, -0.05) is 0 Å². The molecule has 2 N–H and O–H groups in total. The number of hydrogen-bond acceptors (Lipinski definition) is 5. The summed E-state index contributed by atoms with van der Waals surface area (Å²) in [6.45, 7) is 2.38. The van der Waals surface area contributed by atoms with Crippen LogP contribution in [0.5, 0.6) is 0 Å². The first-order chi connectivity index (χ1) is 7.49. The lowest BCUT2D eigenvalue weighted by atomic mass is 10.2. The minimum absolute atomic E-state index is 0.0507. The summed E-state index contributed by atoms with van der Waals surface area (Å²) in [7, 11) is -2.89. The molecule has 1 fully saturated rings. The number of nitrogens with zero attached hydrogens (tertiary/aromatic N) is 2. The Kier molecular flexibility index (Phi) is 2.75. The summed E-state index contributed by atoms with van der Waals surface area (Å²) >= 11 is 0. The van der Waals surface area contributed by atoms with Gasteiger partial charge in [-0.15, -0.1) is 0 Å². The number of anilines is 2. The average molecular weight is 241 g/mol. The van der Waals surface area contributed by atoms with Crippen molar-refractivity contribution in [3.05, 3.63) is 18.3 Å². The third-order valence-corrected chi connectivity index (χ3v) is 4.59. The minimum Gasteiger partial charge on any atom is -0.382 e. The fourth-order valence-corrected chi connectivity index (χ4v) is 3.56. The Morgan fingerprint density at radius 1 is 1.56 bits per heavy atom. The van der Waals surface area contributed by atoms with Crippen LogP contribution < -0.4 is 10.6 Å². The molecule has 6 heteroatoms. The summed E-state index contributed by atoms with van der Waals surface area (Å²) in [4.78, 5) is 6.02. The first kappa shape index (κ1) is 11.2. The molecule has 2 heterocycles. The highest BCUT2D eigenvalue weighted by molar-refractivity contribution is 7.91. The molecule has 0 aromatic carbocycles. The smallest absolute Gasteiger partial charge is 0.154 e. The lowest BCUT2D eigenvalue weighted by molar-refractivity contribution is 0.568. The second-order valence-corrected chi connectivity index (χ2v) is 6.29. The van der Waals surface area contributed by atoms with Crippen molar-refractivity contribution in [3.8, 4) is 0 Å². The molecule has 5 nitrogen and oxygen atoms in total. The average Bonchev–Trinajstić information content (AvgIpc) is 2.18. The van der Waals surface area contributed by atoms with E-state index >= 15 is 0 Å². The van der Waals surface area contributed by atoms with Crippen LogP contribution in [0.2, 0.25) is 0 Å². The predicted octanol–water partition coefficient (Wildman–Crippen LogP) is 0.287. The molecule has 1 aliphatic rings. The van der Waals surface area contributed by atoms with E-state index in [0.29, 0.717) is 12.4 Å². The number of nitrogen functional groups attached to an aromatic ring is 1. The number of hydrogen-bond donors (Lipinski definition) is 1. The molecule has 1 atom stereocenters. The van der Waals surface area contributed by atoms with Crippen LogP contribution in [0.1, 0.15) is 6.92 Å². The van der Waals surface area contributed by atoms with Gasteiger partial charge in [-0.3, -0.25) is 0 Å². The van der Waals surface area contributed by atoms with Crippen LogP contribution in [-0.4, -0.2) is 37.5 Å². The summed E-state index contributed by atoms with van der Waals surface area (Å²) in [5.41, 5.74) is 6.60. The van der Waals surface area contributed by atoms with Crippen molar-refractivity contribution in [2.75, 3.05) is 28.7 Å². The van der Waals surface area contributed by atoms with Crippen LogP contribution in [-0.2, 0) is 9.84 Å². The highest BCUT2D eigenvalue weighted by Crippen LogP contribution is 2.25. The number of rotatable bonds is 1. The Balaban J connectivity index is 2.27. The Morgan fingerprint density at radius 2 is 2.31 bits per heavy atom. The number of pyridine rings is 1. The van der Waals surface area contributed by atoms with Crippen molar-refractivity contribution in [3.63, 3.8) is 0 Å². The number of sulfone groups is 1. The van der Waals surface area contributed by atoms with Gasteiger partial charge >= 0.3 is 0 Å². The van der Waals surface area contributed by atoms with E-state index in [9.17, 15) is 8.42 Å². The van der Waals surface area contributed by atoms with Crippen molar-refractivity contribution in [2.24, 2.45) is 0 Å². The molecule has 0 bridgehead atoms. The fraction of sp³-hybridized carbons (Fsp3) is 0.500. The fourth-order valence-electron chi connectivity index (χ4n) is 2.01. The van der Waals surface area contributed by atoms with Gasteiger partial charge in [0.1, 0.15) is 5.82 Å². The van der Waals surface area contributed by atoms with Gasteiger partial charge in [0.2, 0.25) is 0 Å². The van der Waals surface area contributed by atoms with Crippen molar-refractivity contribution >= 4 is 21.3 Å². The molecule has 1 unspecified atom stereocenters. The quantitative estimate of drug-likeness (QED) is 0.764. The molecule has 0 saturated carbocycles. The molecule has 0 spiro atoms. The maximum absolute atomic E-state index is 11.4. The molecular formula is C10H15N3O2S. The summed E-state index contributed by atoms with van der Waals surface area (Å²) in [6.07, 6.45) is 1.63. The molecule has 2 rings (SSSR count). The highest BCUT2D eigenvalue weighted by Gasteiger charge is 2.29. The van der Waals surface area contributed by atoms with Gasteiger partial charge in [-0.2, -0.15) is 0 Å². The molecule has 1 aromatic rings. The Bertz CT molecular complexity index is 487. The number of aromatic nitrogens is 1. The third kappa shape index (κ3) is 2.11. The molecule has 1 aromatic heterocycles. The first-order valence-electron chi connectivity index (χ1n) is 5.17. The molecular weight excluding hydrogens is 226 g/mol. The largest absolute Gasteiger partial charge is 0.382 e. The summed E-state index contributed by atoms with van der Waals surface area (Å²) in [6, 6.07) is 3.63. The third-order valence-electron chi connectivity index (χ3n) is 2.80. The Hall–Kier alpha value is -1.30. The highest BCUT2D eigenvalue weighted by atomic mass is 32.2. The van der Waals surface area contributed by atoms with Gasteiger partial charge in [-0.05, 0) is 19.1 Å². The van der Waals surface area contributed by atoms with Gasteiger partial charge in [0.15, 0.2) is 9.84 Å². The van der Waals surface area contributed by atoms with Crippen LogP contribution in [0.25, 0.3) is 0 Å². The van der Waals surface area contributed by atoms with Gasteiger partial charge in [-0.25, -0.2) is 13.4 Å². The van der Waals surface area contributed by atoms with Gasteiger partial charge in [0.05, 0.1) is 17.2 Å². The van der Waals surface area contributed by atoms with Crippen molar-refractivity contribution in [1.29, 1.82) is 0 Å². The summed E-state index contributed by atoms with van der Waals surface area (Å²) in [5, 5.41) is 0. The van der Waals surface area contributed by atoms with Crippen molar-refractivity contribution < 1.29 is 8.42 Å². The number of nitrogens with two attached hydrogens (primary N) is 1. The molecule has 88 valence electrons. The van der Waals surface area contributed by atoms with Crippen molar-refractivity contribution in [2.45, 2.75) is 13.0 Å². The second-order valence-electron chi connectivity index (χ2n) is 4.06. The lowest BCUT2D eigenvalue weighted by Gasteiger charge is -2.35. The predicted molar refractivity (Wildman–Crippen MR) is 64.1 cm³/mol. The second kappa shape index (κ2) is 3.93. The molecule has 0 aliphatic carbocycles. The summed E-state index contributed by atoms with van der Waals surface area (Å²) < 4.78 is 22.9. The molecule has 16 heavy (non-hydrogen) atoms. The zero-order chi connectivity index (χ0) is 11.8. The lowest BCUT2D eigenvalue weighted by Crippen LogP contribution is -2.47. The maximum atomic E-state index is 11.4.